The lowest BCUT2D eigenvalue weighted by molar-refractivity contribution is -0.139. The summed E-state index contributed by atoms with van der Waals surface area (Å²) in [6.07, 6.45) is 7.89. The average Bonchev–Trinajstić information content (AvgIpc) is 2.72. The van der Waals surface area contributed by atoms with Crippen molar-refractivity contribution in [3.63, 3.8) is 0 Å². The number of anilines is 1. The molecule has 4 bridgehead atoms. The molecular weight excluding hydrogens is 374 g/mol. The fraction of sp³-hybridized carbons (Fsp3) is 0.462. The van der Waals surface area contributed by atoms with E-state index in [-0.39, 0.29) is 11.2 Å². The van der Waals surface area contributed by atoms with E-state index in [1.165, 1.54) is 19.3 Å². The number of nitrogens with one attached hydrogen (secondary N) is 1. The van der Waals surface area contributed by atoms with Gasteiger partial charge in [-0.25, -0.2) is 0 Å². The lowest BCUT2D eigenvalue weighted by Crippen LogP contribution is -2.47. The molecular formula is C26H29NO3. The fourth-order valence-electron chi connectivity index (χ4n) is 6.50. The first kappa shape index (κ1) is 19.3. The number of hydrogen-bond acceptors (Lipinski definition) is 3. The molecule has 30 heavy (non-hydrogen) atoms. The maximum atomic E-state index is 12.7. The van der Waals surface area contributed by atoms with E-state index >= 15 is 0 Å². The maximum absolute atomic E-state index is 12.7. The second kappa shape index (κ2) is 7.90. The Bertz CT molecular complexity index is 884. The summed E-state index contributed by atoms with van der Waals surface area (Å²) < 4.78 is 5.78. The summed E-state index contributed by atoms with van der Waals surface area (Å²) in [5.41, 5.74) is 1.83. The van der Waals surface area contributed by atoms with Gasteiger partial charge in [0.2, 0.25) is 5.78 Å². The number of ether oxygens (including phenoxy) is 1. The van der Waals surface area contributed by atoms with Crippen LogP contribution in [0.1, 0.15) is 50.5 Å². The van der Waals surface area contributed by atoms with Gasteiger partial charge in [0.1, 0.15) is 12.4 Å². The van der Waals surface area contributed by atoms with E-state index in [1.807, 2.05) is 42.5 Å². The van der Waals surface area contributed by atoms with E-state index in [2.05, 4.69) is 5.32 Å². The van der Waals surface area contributed by atoms with Gasteiger partial charge in [0.05, 0.1) is 0 Å². The molecule has 4 fully saturated rings. The highest BCUT2D eigenvalue weighted by Gasteiger charge is 2.51. The first-order valence-electron chi connectivity index (χ1n) is 11.2. The monoisotopic (exact) mass is 403 g/mol. The lowest BCUT2D eigenvalue weighted by atomic mass is 9.48. The topological polar surface area (TPSA) is 55.4 Å². The number of hydrogen-bond donors (Lipinski definition) is 1. The van der Waals surface area contributed by atoms with Crippen LogP contribution < -0.4 is 10.1 Å². The van der Waals surface area contributed by atoms with Gasteiger partial charge >= 0.3 is 0 Å². The van der Waals surface area contributed by atoms with E-state index in [1.54, 1.807) is 12.1 Å². The molecule has 0 heterocycles. The summed E-state index contributed by atoms with van der Waals surface area (Å²) >= 11 is 0. The molecule has 0 saturated heterocycles. The summed E-state index contributed by atoms with van der Waals surface area (Å²) in [6, 6.07) is 17.2. The number of carbonyl (C=O) groups excluding carboxylic acids is 2. The molecule has 2 aromatic carbocycles. The summed E-state index contributed by atoms with van der Waals surface area (Å²) in [5, 5.41) is 2.78. The molecule has 4 aliphatic rings. The Labute approximate surface area is 178 Å². The normalized spacial score (nSPS) is 28.9. The van der Waals surface area contributed by atoms with Crippen LogP contribution in [0.4, 0.5) is 5.69 Å². The van der Waals surface area contributed by atoms with E-state index < -0.39 is 5.91 Å². The van der Waals surface area contributed by atoms with Crippen LogP contribution >= 0.6 is 0 Å². The molecule has 4 heteroatoms. The molecule has 156 valence electrons. The molecule has 4 nitrogen and oxygen atoms in total. The predicted molar refractivity (Wildman–Crippen MR) is 116 cm³/mol. The molecule has 0 atom stereocenters. The number of carbonyl (C=O) groups is 2. The Morgan fingerprint density at radius 1 is 0.867 bits per heavy atom. The Balaban J connectivity index is 1.15. The Morgan fingerprint density at radius 2 is 1.47 bits per heavy atom. The van der Waals surface area contributed by atoms with Gasteiger partial charge in [-0.2, -0.15) is 0 Å². The van der Waals surface area contributed by atoms with Gasteiger partial charge in [-0.3, -0.25) is 9.59 Å². The van der Waals surface area contributed by atoms with Gasteiger partial charge in [0, 0.05) is 12.1 Å². The molecule has 0 aliphatic heterocycles. The SMILES string of the molecule is O=C(CC12CC3CC(CC(C3)C1)C2)C(=O)Nc1ccc(OCc2ccccc2)cc1. The highest BCUT2D eigenvalue weighted by molar-refractivity contribution is 6.40. The van der Waals surface area contributed by atoms with Crippen molar-refractivity contribution < 1.29 is 14.3 Å². The molecule has 0 aromatic heterocycles. The minimum atomic E-state index is -0.483. The van der Waals surface area contributed by atoms with Crippen molar-refractivity contribution in [1.82, 2.24) is 0 Å². The minimum absolute atomic E-state index is 0.0955. The van der Waals surface area contributed by atoms with E-state index in [0.717, 1.165) is 48.3 Å². The molecule has 2 aromatic rings. The van der Waals surface area contributed by atoms with Gasteiger partial charge in [-0.15, -0.1) is 0 Å². The molecule has 0 unspecified atom stereocenters. The van der Waals surface area contributed by atoms with Crippen molar-refractivity contribution in [3.8, 4) is 5.75 Å². The number of amides is 1. The smallest absolute Gasteiger partial charge is 0.291 e. The average molecular weight is 404 g/mol. The van der Waals surface area contributed by atoms with E-state index in [4.69, 9.17) is 4.74 Å². The number of Topliss-reactive ketones (excluding diaryl/α,β-unsaturated/α-hetero) is 1. The Kier molecular flexibility index (Phi) is 5.10. The molecule has 6 rings (SSSR count). The molecule has 4 aliphatic carbocycles. The summed E-state index contributed by atoms with van der Waals surface area (Å²) in [6.45, 7) is 0.496. The quantitative estimate of drug-likeness (QED) is 0.632. The van der Waals surface area contributed by atoms with Crippen LogP contribution in [-0.2, 0) is 16.2 Å². The summed E-state index contributed by atoms with van der Waals surface area (Å²) in [5.74, 6) is 2.35. The highest BCUT2D eigenvalue weighted by atomic mass is 16.5. The van der Waals surface area contributed by atoms with Gasteiger partial charge in [-0.1, -0.05) is 30.3 Å². The van der Waals surface area contributed by atoms with Crippen LogP contribution in [0.15, 0.2) is 54.6 Å². The van der Waals surface area contributed by atoms with Crippen LogP contribution in [0.3, 0.4) is 0 Å². The lowest BCUT2D eigenvalue weighted by Gasteiger charge is -2.56. The van der Waals surface area contributed by atoms with Crippen LogP contribution in [0.25, 0.3) is 0 Å². The number of benzene rings is 2. The zero-order chi connectivity index (χ0) is 20.6. The van der Waals surface area contributed by atoms with Crippen LogP contribution in [0, 0.1) is 23.2 Å². The Morgan fingerprint density at radius 3 is 2.07 bits per heavy atom. The summed E-state index contributed by atoms with van der Waals surface area (Å²) in [7, 11) is 0. The third kappa shape index (κ3) is 4.14. The second-order valence-corrected chi connectivity index (χ2v) is 9.77. The largest absolute Gasteiger partial charge is 0.489 e. The molecule has 1 amide bonds. The number of ketones is 1. The molecule has 0 spiro atoms. The van der Waals surface area contributed by atoms with E-state index in [0.29, 0.717) is 18.7 Å². The second-order valence-electron chi connectivity index (χ2n) is 9.77. The first-order valence-corrected chi connectivity index (χ1v) is 11.2. The van der Waals surface area contributed by atoms with Gasteiger partial charge in [0.15, 0.2) is 0 Å². The zero-order valence-corrected chi connectivity index (χ0v) is 17.3. The van der Waals surface area contributed by atoms with Crippen molar-refractivity contribution in [2.45, 2.75) is 51.6 Å². The van der Waals surface area contributed by atoms with Gasteiger partial charge < -0.3 is 10.1 Å². The van der Waals surface area contributed by atoms with Crippen molar-refractivity contribution in [2.24, 2.45) is 23.2 Å². The third-order valence-electron chi connectivity index (χ3n) is 7.31. The molecule has 0 radical (unpaired) electrons. The minimum Gasteiger partial charge on any atom is -0.489 e. The third-order valence-corrected chi connectivity index (χ3v) is 7.31. The highest BCUT2D eigenvalue weighted by Crippen LogP contribution is 2.61. The van der Waals surface area contributed by atoms with Crippen molar-refractivity contribution >= 4 is 17.4 Å². The zero-order valence-electron chi connectivity index (χ0n) is 17.3. The number of rotatable bonds is 7. The van der Waals surface area contributed by atoms with Gasteiger partial charge in [0.25, 0.3) is 5.91 Å². The fourth-order valence-corrected chi connectivity index (χ4v) is 6.50. The van der Waals surface area contributed by atoms with E-state index in [9.17, 15) is 9.59 Å². The molecule has 1 N–H and O–H groups in total. The van der Waals surface area contributed by atoms with Crippen molar-refractivity contribution in [1.29, 1.82) is 0 Å². The summed E-state index contributed by atoms with van der Waals surface area (Å²) in [4.78, 5) is 25.3. The van der Waals surface area contributed by atoms with Crippen LogP contribution in [0.5, 0.6) is 5.75 Å². The van der Waals surface area contributed by atoms with Crippen molar-refractivity contribution in [2.75, 3.05) is 5.32 Å². The molecule has 4 saturated carbocycles. The van der Waals surface area contributed by atoms with Crippen LogP contribution in [0.2, 0.25) is 0 Å². The van der Waals surface area contributed by atoms with Gasteiger partial charge in [-0.05, 0) is 91.5 Å². The van der Waals surface area contributed by atoms with Crippen molar-refractivity contribution in [3.05, 3.63) is 60.2 Å². The standard InChI is InChI=1S/C26H29NO3/c28-24(16-26-13-19-10-20(14-26)12-21(11-19)15-26)25(29)27-22-6-8-23(9-7-22)30-17-18-4-2-1-3-5-18/h1-9,19-21H,10-17H2,(H,27,29). The maximum Gasteiger partial charge on any atom is 0.291 e. The predicted octanol–water partition coefficient (Wildman–Crippen LogP) is 5.38. The Hall–Kier alpha value is -2.62. The first-order chi connectivity index (χ1) is 14.6. The van der Waals surface area contributed by atoms with Crippen LogP contribution in [-0.4, -0.2) is 11.7 Å².